The highest BCUT2D eigenvalue weighted by Crippen LogP contribution is 2.33. The van der Waals surface area contributed by atoms with E-state index in [1.54, 1.807) is 0 Å². The van der Waals surface area contributed by atoms with Crippen LogP contribution in [0.1, 0.15) is 21.5 Å². The number of aromatic nitrogens is 3. The number of nitrogens with one attached hydrogen (secondary N) is 1. The Labute approximate surface area is 263 Å². The van der Waals surface area contributed by atoms with Crippen molar-refractivity contribution in [2.24, 2.45) is 7.05 Å². The summed E-state index contributed by atoms with van der Waals surface area (Å²) in [6, 6.07) is 3.45. The molecule has 1 saturated heterocycles. The number of nitrogens with zero attached hydrogens (tertiary/aromatic N) is 4. The van der Waals surface area contributed by atoms with E-state index in [-0.39, 0.29) is 53.0 Å². The molecule has 5 rings (SSSR count). The highest BCUT2D eigenvalue weighted by molar-refractivity contribution is 5.98. The Kier molecular flexibility index (Phi) is 9.15. The van der Waals surface area contributed by atoms with Gasteiger partial charge in [0.1, 0.15) is 23.7 Å². The first-order valence-electron chi connectivity index (χ1n) is 14.2. The number of benzene rings is 2. The summed E-state index contributed by atoms with van der Waals surface area (Å²) in [5.41, 5.74) is -2.17. The second kappa shape index (κ2) is 12.9. The molecule has 11 nitrogen and oxygen atoms in total. The van der Waals surface area contributed by atoms with Crippen LogP contribution in [0.15, 0.2) is 58.4 Å². The molecule has 1 amide bonds. The minimum atomic E-state index is -4.65. The highest BCUT2D eigenvalue weighted by atomic mass is 19.4. The number of halogens is 5. The fourth-order valence-corrected chi connectivity index (χ4v) is 5.53. The normalized spacial score (nSPS) is 15.8. The van der Waals surface area contributed by atoms with Crippen LogP contribution >= 0.6 is 0 Å². The Morgan fingerprint density at radius 3 is 2.53 bits per heavy atom. The molecule has 3 heterocycles. The van der Waals surface area contributed by atoms with Gasteiger partial charge >= 0.3 is 17.8 Å². The average Bonchev–Trinajstić information content (AvgIpc) is 3.03. The van der Waals surface area contributed by atoms with Crippen LogP contribution in [0, 0.1) is 18.6 Å². The number of ether oxygens (including phenoxy) is 2. The van der Waals surface area contributed by atoms with E-state index >= 15 is 8.78 Å². The van der Waals surface area contributed by atoms with E-state index in [1.165, 1.54) is 50.6 Å². The van der Waals surface area contributed by atoms with Gasteiger partial charge in [-0.3, -0.25) is 19.1 Å². The van der Waals surface area contributed by atoms with Crippen molar-refractivity contribution >= 4 is 28.5 Å². The predicted molar refractivity (Wildman–Crippen MR) is 159 cm³/mol. The number of carbonyl (C=O) groups excluding carboxylic acids is 2. The van der Waals surface area contributed by atoms with E-state index in [9.17, 15) is 32.3 Å². The van der Waals surface area contributed by atoms with Gasteiger partial charge in [-0.05, 0) is 48.4 Å². The quantitative estimate of drug-likeness (QED) is 0.237. The summed E-state index contributed by atoms with van der Waals surface area (Å²) in [5, 5.41) is 2.48. The minimum Gasteiger partial charge on any atom is -0.467 e. The number of fused-ring (bicyclic) bond motifs is 1. The number of methoxy groups -OCH3 is 1. The van der Waals surface area contributed by atoms with Gasteiger partial charge in [-0.25, -0.2) is 22.9 Å². The van der Waals surface area contributed by atoms with E-state index in [4.69, 9.17) is 9.47 Å². The first kappa shape index (κ1) is 33.2. The number of carbonyl (C=O) groups is 2. The SMILES string of the molecule is COC(=O)[C@H](Cc1ccc(-n2c(=O)c3ccncc3n(C)c2=O)c(F)c1)NC(=O)c1c(C)cc(N2CCOC[C@@H]2C(F)(F)F)cc1F. The molecule has 1 N–H and O–H groups in total. The fraction of sp³-hybridized carbons (Fsp3) is 0.323. The van der Waals surface area contributed by atoms with Gasteiger partial charge in [-0.15, -0.1) is 0 Å². The Morgan fingerprint density at radius 1 is 1.13 bits per heavy atom. The van der Waals surface area contributed by atoms with E-state index in [2.05, 4.69) is 10.3 Å². The molecular formula is C31H28F5N5O6. The zero-order valence-corrected chi connectivity index (χ0v) is 25.2. The van der Waals surface area contributed by atoms with Gasteiger partial charge in [-0.1, -0.05) is 6.07 Å². The van der Waals surface area contributed by atoms with Crippen LogP contribution in [0.4, 0.5) is 27.6 Å². The van der Waals surface area contributed by atoms with Gasteiger partial charge in [0.05, 0.1) is 48.7 Å². The van der Waals surface area contributed by atoms with Crippen molar-refractivity contribution in [2.45, 2.75) is 31.6 Å². The predicted octanol–water partition coefficient (Wildman–Crippen LogP) is 2.95. The molecule has 1 aliphatic heterocycles. The molecule has 47 heavy (non-hydrogen) atoms. The van der Waals surface area contributed by atoms with E-state index in [1.807, 2.05) is 0 Å². The summed E-state index contributed by atoms with van der Waals surface area (Å²) in [5.74, 6) is -4.12. The number of alkyl halides is 3. The van der Waals surface area contributed by atoms with Crippen molar-refractivity contribution in [1.82, 2.24) is 19.4 Å². The Bertz CT molecular complexity index is 1970. The zero-order chi connectivity index (χ0) is 34.2. The average molecular weight is 662 g/mol. The standard InChI is InChI=1S/C31H28F5N5O6/c1-16-10-18(40-8-9-47-15-25(40)31(34,35)36)13-21(33)26(16)27(42)38-22(29(44)46-3)12-17-4-5-23(20(32)11-17)41-28(43)19-6-7-37-14-24(19)39(2)30(41)45/h4-7,10-11,13-14,22,25H,8-9,12,15H2,1-3H3,(H,38,42)/t22-,25+/m0/s1. The molecule has 2 atom stereocenters. The van der Waals surface area contributed by atoms with E-state index in [0.717, 1.165) is 28.7 Å². The molecule has 4 aromatic rings. The van der Waals surface area contributed by atoms with Crippen LogP contribution < -0.4 is 21.5 Å². The van der Waals surface area contributed by atoms with Crippen molar-refractivity contribution in [2.75, 3.05) is 31.8 Å². The summed E-state index contributed by atoms with van der Waals surface area (Å²) in [6.45, 7) is 0.532. The fourth-order valence-electron chi connectivity index (χ4n) is 5.53. The lowest BCUT2D eigenvalue weighted by atomic mass is 10.0. The number of pyridine rings is 1. The van der Waals surface area contributed by atoms with Crippen molar-refractivity contribution in [3.05, 3.63) is 98.0 Å². The number of esters is 1. The smallest absolute Gasteiger partial charge is 0.411 e. The topological polar surface area (TPSA) is 125 Å². The van der Waals surface area contributed by atoms with Crippen LogP contribution in [0.5, 0.6) is 0 Å². The summed E-state index contributed by atoms with van der Waals surface area (Å²) >= 11 is 0. The first-order valence-corrected chi connectivity index (χ1v) is 14.2. The molecule has 16 heteroatoms. The van der Waals surface area contributed by atoms with Crippen LogP contribution in [0.25, 0.3) is 16.6 Å². The molecule has 248 valence electrons. The van der Waals surface area contributed by atoms with Crippen molar-refractivity contribution in [3.63, 3.8) is 0 Å². The first-order chi connectivity index (χ1) is 22.2. The van der Waals surface area contributed by atoms with Gasteiger partial charge < -0.3 is 19.7 Å². The molecule has 2 aromatic heterocycles. The molecule has 0 spiro atoms. The Balaban J connectivity index is 1.41. The molecule has 1 aliphatic rings. The van der Waals surface area contributed by atoms with Crippen LogP contribution in [0.3, 0.4) is 0 Å². The lowest BCUT2D eigenvalue weighted by Gasteiger charge is -2.38. The zero-order valence-electron chi connectivity index (χ0n) is 25.2. The second-order valence-electron chi connectivity index (χ2n) is 10.9. The number of morpholine rings is 1. The lowest BCUT2D eigenvalue weighted by Crippen LogP contribution is -2.53. The third-order valence-corrected chi connectivity index (χ3v) is 7.89. The van der Waals surface area contributed by atoms with Gasteiger partial charge in [0.2, 0.25) is 0 Å². The third-order valence-electron chi connectivity index (χ3n) is 7.89. The third kappa shape index (κ3) is 6.45. The maximum Gasteiger partial charge on any atom is 0.411 e. The number of aryl methyl sites for hydroxylation is 2. The summed E-state index contributed by atoms with van der Waals surface area (Å²) in [7, 11) is 2.45. The number of anilines is 1. The second-order valence-corrected chi connectivity index (χ2v) is 10.9. The van der Waals surface area contributed by atoms with Gasteiger partial charge in [0.25, 0.3) is 11.5 Å². The maximum absolute atomic E-state index is 15.4. The van der Waals surface area contributed by atoms with Gasteiger partial charge in [-0.2, -0.15) is 13.2 Å². The highest BCUT2D eigenvalue weighted by Gasteiger charge is 2.45. The van der Waals surface area contributed by atoms with Crippen molar-refractivity contribution in [1.29, 1.82) is 0 Å². The van der Waals surface area contributed by atoms with E-state index < -0.39 is 65.2 Å². The largest absolute Gasteiger partial charge is 0.467 e. The molecule has 0 radical (unpaired) electrons. The number of amides is 1. The molecule has 0 unspecified atom stereocenters. The summed E-state index contributed by atoms with van der Waals surface area (Å²) in [4.78, 5) is 56.7. The van der Waals surface area contributed by atoms with E-state index in [0.29, 0.717) is 4.57 Å². The maximum atomic E-state index is 15.4. The summed E-state index contributed by atoms with van der Waals surface area (Å²) in [6.07, 6.45) is -2.30. The monoisotopic (exact) mass is 661 g/mol. The molecule has 0 bridgehead atoms. The van der Waals surface area contributed by atoms with Gasteiger partial charge in [0.15, 0.2) is 0 Å². The lowest BCUT2D eigenvalue weighted by molar-refractivity contribution is -0.167. The van der Waals surface area contributed by atoms with Crippen LogP contribution in [0.2, 0.25) is 0 Å². The molecule has 0 saturated carbocycles. The number of rotatable bonds is 7. The number of hydrogen-bond donors (Lipinski definition) is 1. The number of hydrogen-bond acceptors (Lipinski definition) is 8. The molecular weight excluding hydrogens is 633 g/mol. The van der Waals surface area contributed by atoms with Gasteiger partial charge in [0, 0.05) is 31.9 Å². The van der Waals surface area contributed by atoms with Crippen LogP contribution in [-0.4, -0.2) is 71.1 Å². The Morgan fingerprint density at radius 2 is 1.87 bits per heavy atom. The minimum absolute atomic E-state index is 0.00196. The molecule has 2 aromatic carbocycles. The molecule has 0 aliphatic carbocycles. The Hall–Kier alpha value is -5.12. The summed E-state index contributed by atoms with van der Waals surface area (Å²) < 4.78 is 83.0. The van der Waals surface area contributed by atoms with Crippen LogP contribution in [-0.2, 0) is 27.7 Å². The van der Waals surface area contributed by atoms with Crippen molar-refractivity contribution in [3.8, 4) is 5.69 Å². The molecule has 1 fully saturated rings. The van der Waals surface area contributed by atoms with Crippen molar-refractivity contribution < 1.29 is 41.0 Å².